The molecule has 0 bridgehead atoms. The van der Waals surface area contributed by atoms with Crippen LogP contribution in [0.25, 0.3) is 0 Å². The van der Waals surface area contributed by atoms with Gasteiger partial charge in [-0.2, -0.15) is 0 Å². The number of benzene rings is 1. The van der Waals surface area contributed by atoms with E-state index in [2.05, 4.69) is 76.3 Å². The molecule has 0 aliphatic heterocycles. The normalized spacial score (nSPS) is 13.4. The Bertz CT molecular complexity index is 560. The Hall–Kier alpha value is -1.12. The summed E-state index contributed by atoms with van der Waals surface area (Å²) in [6.07, 6.45) is 1.05. The lowest BCUT2D eigenvalue weighted by atomic mass is 9.95. The Labute approximate surface area is 133 Å². The molecular weight excluding hydrogens is 274 g/mol. The first-order valence-electron chi connectivity index (χ1n) is 7.79. The van der Waals surface area contributed by atoms with Gasteiger partial charge in [0.2, 0.25) is 0 Å². The van der Waals surface area contributed by atoms with Crippen LogP contribution in [0.3, 0.4) is 0 Å². The van der Waals surface area contributed by atoms with E-state index in [4.69, 9.17) is 0 Å². The standard InChI is InChI=1S/C19H27NS/c1-6-20-16(13-15-9-7-14(2)8-10-15)17-11-12-18(21-17)19(3,4)5/h7-12,16,20H,6,13H2,1-5H3. The molecule has 1 aromatic carbocycles. The minimum atomic E-state index is 0.240. The summed E-state index contributed by atoms with van der Waals surface area (Å²) >= 11 is 1.95. The number of hydrogen-bond donors (Lipinski definition) is 1. The summed E-state index contributed by atoms with van der Waals surface area (Å²) < 4.78 is 0. The van der Waals surface area contributed by atoms with E-state index in [-0.39, 0.29) is 5.41 Å². The van der Waals surface area contributed by atoms with Crippen molar-refractivity contribution >= 4 is 11.3 Å². The van der Waals surface area contributed by atoms with Crippen LogP contribution in [0.1, 0.15) is 54.6 Å². The Morgan fingerprint density at radius 2 is 1.71 bits per heavy atom. The molecule has 1 unspecified atom stereocenters. The molecule has 0 aliphatic rings. The first kappa shape index (κ1) is 16.3. The van der Waals surface area contributed by atoms with Gasteiger partial charge in [0.15, 0.2) is 0 Å². The highest BCUT2D eigenvalue weighted by atomic mass is 32.1. The van der Waals surface area contributed by atoms with E-state index < -0.39 is 0 Å². The van der Waals surface area contributed by atoms with Crippen LogP contribution in [-0.4, -0.2) is 6.54 Å². The number of rotatable bonds is 5. The van der Waals surface area contributed by atoms with Gasteiger partial charge in [-0.15, -0.1) is 11.3 Å². The van der Waals surface area contributed by atoms with Crippen LogP contribution in [0.5, 0.6) is 0 Å². The van der Waals surface area contributed by atoms with Crippen molar-refractivity contribution in [1.82, 2.24) is 5.32 Å². The highest BCUT2D eigenvalue weighted by Gasteiger charge is 2.19. The average molecular weight is 301 g/mol. The average Bonchev–Trinajstić information content (AvgIpc) is 2.90. The van der Waals surface area contributed by atoms with Crippen LogP contribution >= 0.6 is 11.3 Å². The quantitative estimate of drug-likeness (QED) is 0.795. The third-order valence-corrected chi connectivity index (χ3v) is 5.35. The predicted octanol–water partition coefficient (Wildman–Crippen LogP) is 5.25. The maximum Gasteiger partial charge on any atom is 0.0455 e. The van der Waals surface area contributed by atoms with Crippen molar-refractivity contribution in [1.29, 1.82) is 0 Å². The Morgan fingerprint density at radius 3 is 2.24 bits per heavy atom. The molecule has 114 valence electrons. The molecule has 0 amide bonds. The first-order chi connectivity index (χ1) is 9.90. The molecule has 0 aliphatic carbocycles. The van der Waals surface area contributed by atoms with Gasteiger partial charge < -0.3 is 5.32 Å². The van der Waals surface area contributed by atoms with E-state index >= 15 is 0 Å². The fourth-order valence-electron chi connectivity index (χ4n) is 2.42. The predicted molar refractivity (Wildman–Crippen MR) is 94.3 cm³/mol. The minimum Gasteiger partial charge on any atom is -0.309 e. The SMILES string of the molecule is CCNC(Cc1ccc(C)cc1)c1ccc(C(C)(C)C)s1. The third-order valence-electron chi connectivity index (χ3n) is 3.72. The molecule has 0 fully saturated rings. The highest BCUT2D eigenvalue weighted by molar-refractivity contribution is 7.12. The van der Waals surface area contributed by atoms with Crippen molar-refractivity contribution in [3.8, 4) is 0 Å². The summed E-state index contributed by atoms with van der Waals surface area (Å²) in [5.74, 6) is 0. The number of nitrogens with one attached hydrogen (secondary N) is 1. The first-order valence-corrected chi connectivity index (χ1v) is 8.61. The molecule has 1 heterocycles. The second kappa shape index (κ2) is 6.76. The number of hydrogen-bond acceptors (Lipinski definition) is 2. The maximum atomic E-state index is 3.64. The number of likely N-dealkylation sites (N-methyl/N-ethyl adjacent to an activating group) is 1. The molecule has 0 saturated heterocycles. The fraction of sp³-hybridized carbons (Fsp3) is 0.474. The second-order valence-corrected chi connectivity index (χ2v) is 7.87. The van der Waals surface area contributed by atoms with E-state index in [0.29, 0.717) is 6.04 Å². The number of thiophene rings is 1. The van der Waals surface area contributed by atoms with Crippen molar-refractivity contribution in [3.63, 3.8) is 0 Å². The molecule has 1 nitrogen and oxygen atoms in total. The van der Waals surface area contributed by atoms with E-state index in [1.54, 1.807) is 0 Å². The molecule has 2 rings (SSSR count). The third kappa shape index (κ3) is 4.42. The lowest BCUT2D eigenvalue weighted by Gasteiger charge is -2.18. The highest BCUT2D eigenvalue weighted by Crippen LogP contribution is 2.33. The largest absolute Gasteiger partial charge is 0.309 e. The molecule has 1 atom stereocenters. The van der Waals surface area contributed by atoms with Crippen LogP contribution in [0, 0.1) is 6.92 Å². The molecule has 0 saturated carbocycles. The van der Waals surface area contributed by atoms with Gasteiger partial charge in [-0.05, 0) is 43.0 Å². The van der Waals surface area contributed by atoms with Gasteiger partial charge in [0.1, 0.15) is 0 Å². The Balaban J connectivity index is 2.18. The molecule has 2 aromatic rings. The summed E-state index contributed by atoms with van der Waals surface area (Å²) in [6, 6.07) is 13.9. The van der Waals surface area contributed by atoms with Gasteiger partial charge in [0, 0.05) is 15.8 Å². The van der Waals surface area contributed by atoms with Gasteiger partial charge >= 0.3 is 0 Å². The van der Waals surface area contributed by atoms with Gasteiger partial charge in [0.05, 0.1) is 0 Å². The second-order valence-electron chi connectivity index (χ2n) is 6.75. The van der Waals surface area contributed by atoms with Gasteiger partial charge in [-0.1, -0.05) is 57.5 Å². The summed E-state index contributed by atoms with van der Waals surface area (Å²) in [6.45, 7) is 12.2. The summed E-state index contributed by atoms with van der Waals surface area (Å²) in [5.41, 5.74) is 2.96. The Kier molecular flexibility index (Phi) is 5.23. The maximum absolute atomic E-state index is 3.64. The van der Waals surface area contributed by atoms with Gasteiger partial charge in [-0.3, -0.25) is 0 Å². The molecule has 0 spiro atoms. The molecule has 1 aromatic heterocycles. The Morgan fingerprint density at radius 1 is 1.05 bits per heavy atom. The topological polar surface area (TPSA) is 12.0 Å². The summed E-state index contributed by atoms with van der Waals surface area (Å²) in [7, 11) is 0. The molecule has 2 heteroatoms. The fourth-order valence-corrected chi connectivity index (χ4v) is 3.56. The zero-order valence-corrected chi connectivity index (χ0v) is 14.7. The van der Waals surface area contributed by atoms with Crippen molar-refractivity contribution in [3.05, 3.63) is 57.3 Å². The van der Waals surface area contributed by atoms with Crippen molar-refractivity contribution in [2.45, 2.75) is 52.5 Å². The number of aryl methyl sites for hydroxylation is 1. The van der Waals surface area contributed by atoms with Crippen LogP contribution in [0.4, 0.5) is 0 Å². The van der Waals surface area contributed by atoms with Gasteiger partial charge in [0.25, 0.3) is 0 Å². The van der Waals surface area contributed by atoms with Crippen molar-refractivity contribution in [2.75, 3.05) is 6.54 Å². The summed E-state index contributed by atoms with van der Waals surface area (Å²) in [5, 5.41) is 3.64. The monoisotopic (exact) mass is 301 g/mol. The van der Waals surface area contributed by atoms with Crippen LogP contribution < -0.4 is 5.32 Å². The zero-order chi connectivity index (χ0) is 15.5. The van der Waals surface area contributed by atoms with Crippen LogP contribution in [-0.2, 0) is 11.8 Å². The molecule has 21 heavy (non-hydrogen) atoms. The van der Waals surface area contributed by atoms with Crippen LogP contribution in [0.15, 0.2) is 36.4 Å². The van der Waals surface area contributed by atoms with E-state index in [1.165, 1.54) is 20.9 Å². The van der Waals surface area contributed by atoms with E-state index in [9.17, 15) is 0 Å². The molecule has 0 radical (unpaired) electrons. The minimum absolute atomic E-state index is 0.240. The smallest absolute Gasteiger partial charge is 0.0455 e. The van der Waals surface area contributed by atoms with Crippen molar-refractivity contribution < 1.29 is 0 Å². The van der Waals surface area contributed by atoms with Crippen molar-refractivity contribution in [2.24, 2.45) is 0 Å². The van der Waals surface area contributed by atoms with Gasteiger partial charge in [-0.25, -0.2) is 0 Å². The summed E-state index contributed by atoms with van der Waals surface area (Å²) in [4.78, 5) is 2.91. The van der Waals surface area contributed by atoms with E-state index in [1.807, 2.05) is 11.3 Å². The molecule has 1 N–H and O–H groups in total. The zero-order valence-electron chi connectivity index (χ0n) is 13.9. The lowest BCUT2D eigenvalue weighted by molar-refractivity contribution is 0.558. The lowest BCUT2D eigenvalue weighted by Crippen LogP contribution is -2.22. The molecular formula is C19H27NS. The van der Waals surface area contributed by atoms with E-state index in [0.717, 1.165) is 13.0 Å². The van der Waals surface area contributed by atoms with Crippen LogP contribution in [0.2, 0.25) is 0 Å².